The zero-order chi connectivity index (χ0) is 23.4. The van der Waals surface area contributed by atoms with E-state index >= 15 is 0 Å². The third-order valence-electron chi connectivity index (χ3n) is 5.54. The molecule has 1 saturated heterocycles. The molecule has 4 rings (SSSR count). The molecule has 8 nitrogen and oxygen atoms in total. The van der Waals surface area contributed by atoms with Gasteiger partial charge in [0.05, 0.1) is 11.2 Å². The molecule has 1 atom stereocenters. The lowest BCUT2D eigenvalue weighted by atomic mass is 10.1. The number of ether oxygens (including phenoxy) is 1. The number of anilines is 1. The van der Waals surface area contributed by atoms with E-state index in [1.54, 1.807) is 17.4 Å². The number of piperazine rings is 1. The largest absolute Gasteiger partial charge is 0.444 e. The first-order valence-electron chi connectivity index (χ1n) is 11.4. The van der Waals surface area contributed by atoms with Crippen molar-refractivity contribution < 1.29 is 9.53 Å². The van der Waals surface area contributed by atoms with Gasteiger partial charge >= 0.3 is 6.09 Å². The van der Waals surface area contributed by atoms with Crippen LogP contribution >= 0.6 is 0 Å². The Kier molecular flexibility index (Phi) is 6.74. The Bertz CT molecular complexity index is 1090. The average molecular weight is 449 g/mol. The Labute approximate surface area is 195 Å². The summed E-state index contributed by atoms with van der Waals surface area (Å²) < 4.78 is 5.49. The minimum Gasteiger partial charge on any atom is -0.444 e. The Balaban J connectivity index is 1.39. The van der Waals surface area contributed by atoms with Crippen molar-refractivity contribution in [1.82, 2.24) is 24.8 Å². The molecule has 0 aliphatic carbocycles. The van der Waals surface area contributed by atoms with Crippen LogP contribution in [-0.4, -0.2) is 75.2 Å². The smallest absolute Gasteiger partial charge is 0.410 e. The average Bonchev–Trinajstić information content (AvgIpc) is 2.79. The number of carbonyl (C=O) groups is 1. The Morgan fingerprint density at radius 2 is 1.85 bits per heavy atom. The molecule has 0 saturated carbocycles. The fraction of sp³-hybridized carbons (Fsp3) is 0.440. The highest BCUT2D eigenvalue weighted by molar-refractivity contribution is 5.98. The predicted molar refractivity (Wildman–Crippen MR) is 130 cm³/mol. The Morgan fingerprint density at radius 1 is 1.06 bits per heavy atom. The van der Waals surface area contributed by atoms with E-state index < -0.39 is 5.60 Å². The first kappa shape index (κ1) is 22.9. The molecule has 1 aliphatic rings. The van der Waals surface area contributed by atoms with Gasteiger partial charge in [0.15, 0.2) is 0 Å². The first-order valence-corrected chi connectivity index (χ1v) is 11.4. The van der Waals surface area contributed by atoms with E-state index in [4.69, 9.17) is 4.74 Å². The normalized spacial score (nSPS) is 15.9. The minimum absolute atomic E-state index is 0.176. The highest BCUT2D eigenvalue weighted by Crippen LogP contribution is 2.28. The fourth-order valence-electron chi connectivity index (χ4n) is 4.04. The fourth-order valence-corrected chi connectivity index (χ4v) is 4.04. The van der Waals surface area contributed by atoms with Gasteiger partial charge in [-0.15, -0.1) is 0 Å². The van der Waals surface area contributed by atoms with E-state index in [1.165, 1.54) is 0 Å². The van der Waals surface area contributed by atoms with Gasteiger partial charge in [0.2, 0.25) is 0 Å². The Hall–Kier alpha value is -3.26. The van der Waals surface area contributed by atoms with E-state index in [-0.39, 0.29) is 12.1 Å². The zero-order valence-electron chi connectivity index (χ0n) is 19.8. The molecule has 2 aromatic heterocycles. The monoisotopic (exact) mass is 448 g/mol. The first-order chi connectivity index (χ1) is 15.8. The van der Waals surface area contributed by atoms with Gasteiger partial charge in [0.25, 0.3) is 0 Å². The predicted octanol–water partition coefficient (Wildman–Crippen LogP) is 4.04. The molecule has 0 radical (unpaired) electrons. The number of rotatable bonds is 5. The summed E-state index contributed by atoms with van der Waals surface area (Å²) in [5.41, 5.74) is 2.30. The number of aromatic nitrogens is 3. The number of pyridine rings is 1. The lowest BCUT2D eigenvalue weighted by molar-refractivity contribution is 0.0144. The van der Waals surface area contributed by atoms with E-state index in [0.717, 1.165) is 47.6 Å². The van der Waals surface area contributed by atoms with E-state index in [1.807, 2.05) is 57.2 Å². The molecule has 1 aromatic carbocycles. The number of carbonyl (C=O) groups excluding carboxylic acids is 1. The standard InChI is InChI=1S/C25H32N6O2/c1-18(16-30-12-14-31(15-13-30)24(32)33-25(2,3)4)29-23-20-9-7-8-19(22(20)27-17-28-23)21-10-5-6-11-26-21/h5-11,17-18H,12-16H2,1-4H3,(H,27,28,29)/t18-/m0/s1. The van der Waals surface area contributed by atoms with Crippen LogP contribution in [0.1, 0.15) is 27.7 Å². The van der Waals surface area contributed by atoms with Gasteiger partial charge < -0.3 is 15.0 Å². The second-order valence-electron chi connectivity index (χ2n) is 9.45. The van der Waals surface area contributed by atoms with Crippen molar-refractivity contribution in [3.8, 4) is 11.3 Å². The molecule has 0 bridgehead atoms. The molecular weight excluding hydrogens is 416 g/mol. The summed E-state index contributed by atoms with van der Waals surface area (Å²) in [7, 11) is 0. The number of hydrogen-bond acceptors (Lipinski definition) is 7. The van der Waals surface area contributed by atoms with Gasteiger partial charge in [0, 0.05) is 55.9 Å². The summed E-state index contributed by atoms with van der Waals surface area (Å²) in [5, 5.41) is 4.53. The van der Waals surface area contributed by atoms with Crippen molar-refractivity contribution in [2.24, 2.45) is 0 Å². The third-order valence-corrected chi connectivity index (χ3v) is 5.54. The van der Waals surface area contributed by atoms with Crippen LogP contribution in [0.25, 0.3) is 22.2 Å². The molecular formula is C25H32N6O2. The summed E-state index contributed by atoms with van der Waals surface area (Å²) in [4.78, 5) is 30.0. The maximum atomic E-state index is 12.3. The van der Waals surface area contributed by atoms with E-state index in [0.29, 0.717) is 13.1 Å². The highest BCUT2D eigenvalue weighted by atomic mass is 16.6. The second-order valence-corrected chi connectivity index (χ2v) is 9.45. The van der Waals surface area contributed by atoms with Crippen molar-refractivity contribution in [1.29, 1.82) is 0 Å². The number of fused-ring (bicyclic) bond motifs is 1. The van der Waals surface area contributed by atoms with Gasteiger partial charge in [-0.25, -0.2) is 14.8 Å². The molecule has 1 fully saturated rings. The summed E-state index contributed by atoms with van der Waals surface area (Å²) in [6.07, 6.45) is 3.16. The number of benzene rings is 1. The number of nitrogens with one attached hydrogen (secondary N) is 1. The van der Waals surface area contributed by atoms with Crippen LogP contribution in [-0.2, 0) is 4.74 Å². The summed E-state index contributed by atoms with van der Waals surface area (Å²) in [6, 6.07) is 12.1. The van der Waals surface area contributed by atoms with Gasteiger partial charge in [-0.3, -0.25) is 9.88 Å². The maximum Gasteiger partial charge on any atom is 0.410 e. The molecule has 1 aliphatic heterocycles. The molecule has 3 aromatic rings. The van der Waals surface area contributed by atoms with Gasteiger partial charge in [-0.1, -0.05) is 18.2 Å². The van der Waals surface area contributed by atoms with Crippen molar-refractivity contribution >= 4 is 22.8 Å². The van der Waals surface area contributed by atoms with Gasteiger partial charge in [0.1, 0.15) is 17.7 Å². The Morgan fingerprint density at radius 3 is 2.55 bits per heavy atom. The number of para-hydroxylation sites is 1. The summed E-state index contributed by atoms with van der Waals surface area (Å²) >= 11 is 0. The summed E-state index contributed by atoms with van der Waals surface area (Å²) in [6.45, 7) is 11.7. The SMILES string of the molecule is C[C@@H](CN1CCN(C(=O)OC(C)(C)C)CC1)Nc1ncnc2c(-c3ccccn3)cccc12. The highest BCUT2D eigenvalue weighted by Gasteiger charge is 2.26. The van der Waals surface area contributed by atoms with Crippen LogP contribution in [0.2, 0.25) is 0 Å². The lowest BCUT2D eigenvalue weighted by Crippen LogP contribution is -2.51. The van der Waals surface area contributed by atoms with Crippen LogP contribution in [0.5, 0.6) is 0 Å². The zero-order valence-corrected chi connectivity index (χ0v) is 19.8. The maximum absolute atomic E-state index is 12.3. The van der Waals surface area contributed by atoms with Crippen LogP contribution in [0.3, 0.4) is 0 Å². The van der Waals surface area contributed by atoms with Crippen molar-refractivity contribution in [3.63, 3.8) is 0 Å². The number of nitrogens with zero attached hydrogens (tertiary/aromatic N) is 5. The lowest BCUT2D eigenvalue weighted by Gasteiger charge is -2.36. The van der Waals surface area contributed by atoms with Crippen molar-refractivity contribution in [2.45, 2.75) is 39.3 Å². The molecule has 1 amide bonds. The molecule has 33 heavy (non-hydrogen) atoms. The number of amides is 1. The van der Waals surface area contributed by atoms with Crippen molar-refractivity contribution in [3.05, 3.63) is 48.9 Å². The molecule has 0 unspecified atom stereocenters. The quantitative estimate of drug-likeness (QED) is 0.630. The third kappa shape index (κ3) is 5.76. The second kappa shape index (κ2) is 9.70. The number of hydrogen-bond donors (Lipinski definition) is 1. The van der Waals surface area contributed by atoms with Gasteiger partial charge in [-0.05, 0) is 45.9 Å². The topological polar surface area (TPSA) is 83.5 Å². The molecule has 174 valence electrons. The summed E-state index contributed by atoms with van der Waals surface area (Å²) in [5.74, 6) is 0.817. The van der Waals surface area contributed by atoms with E-state index in [9.17, 15) is 4.79 Å². The molecule has 8 heteroatoms. The molecule has 0 spiro atoms. The molecule has 1 N–H and O–H groups in total. The molecule has 3 heterocycles. The minimum atomic E-state index is -0.469. The van der Waals surface area contributed by atoms with Crippen LogP contribution in [0.15, 0.2) is 48.9 Å². The van der Waals surface area contributed by atoms with Crippen LogP contribution in [0, 0.1) is 0 Å². The van der Waals surface area contributed by atoms with Crippen molar-refractivity contribution in [2.75, 3.05) is 38.0 Å². The van der Waals surface area contributed by atoms with Gasteiger partial charge in [-0.2, -0.15) is 0 Å². The van der Waals surface area contributed by atoms with Crippen LogP contribution < -0.4 is 5.32 Å². The van der Waals surface area contributed by atoms with E-state index in [2.05, 4.69) is 32.1 Å². The van der Waals surface area contributed by atoms with Crippen LogP contribution in [0.4, 0.5) is 10.6 Å².